The zero-order chi connectivity index (χ0) is 9.97. The van der Waals surface area contributed by atoms with Gasteiger partial charge in [-0.25, -0.2) is 0 Å². The molecule has 0 N–H and O–H groups in total. The van der Waals surface area contributed by atoms with Gasteiger partial charge in [-0.15, -0.1) is 0 Å². The molecule has 0 bridgehead atoms. The Morgan fingerprint density at radius 2 is 2.50 bits per heavy atom. The molecular formula is C8H7N5O. The SMILES string of the molecule is Cn1nccc1-c1nc(CC#N)no1. The van der Waals surface area contributed by atoms with E-state index >= 15 is 0 Å². The number of nitriles is 1. The minimum Gasteiger partial charge on any atom is -0.332 e. The lowest BCUT2D eigenvalue weighted by Crippen LogP contribution is -1.93. The third-order valence-electron chi connectivity index (χ3n) is 1.75. The van der Waals surface area contributed by atoms with Gasteiger partial charge in [0.1, 0.15) is 5.69 Å². The highest BCUT2D eigenvalue weighted by atomic mass is 16.5. The van der Waals surface area contributed by atoms with E-state index in [9.17, 15) is 0 Å². The van der Waals surface area contributed by atoms with Gasteiger partial charge >= 0.3 is 0 Å². The Kier molecular flexibility index (Phi) is 1.99. The maximum absolute atomic E-state index is 8.42. The Balaban J connectivity index is 2.35. The van der Waals surface area contributed by atoms with Crippen molar-refractivity contribution in [1.29, 1.82) is 5.26 Å². The number of aromatic nitrogens is 4. The van der Waals surface area contributed by atoms with Crippen molar-refractivity contribution in [2.24, 2.45) is 7.05 Å². The van der Waals surface area contributed by atoms with Gasteiger partial charge < -0.3 is 4.52 Å². The number of nitrogens with zero attached hydrogens (tertiary/aromatic N) is 5. The third-order valence-corrected chi connectivity index (χ3v) is 1.75. The molecule has 0 amide bonds. The highest BCUT2D eigenvalue weighted by Crippen LogP contribution is 2.14. The molecule has 0 fully saturated rings. The predicted molar refractivity (Wildman–Crippen MR) is 45.8 cm³/mol. The van der Waals surface area contributed by atoms with Crippen LogP contribution >= 0.6 is 0 Å². The quantitative estimate of drug-likeness (QED) is 0.688. The molecule has 0 aliphatic rings. The number of hydrogen-bond acceptors (Lipinski definition) is 5. The molecule has 0 aliphatic carbocycles. The highest BCUT2D eigenvalue weighted by molar-refractivity contribution is 5.45. The molecule has 0 aromatic carbocycles. The first kappa shape index (κ1) is 8.44. The molecule has 14 heavy (non-hydrogen) atoms. The van der Waals surface area contributed by atoms with Gasteiger partial charge in [0.2, 0.25) is 0 Å². The fraction of sp³-hybridized carbons (Fsp3) is 0.250. The van der Waals surface area contributed by atoms with E-state index in [2.05, 4.69) is 15.2 Å². The van der Waals surface area contributed by atoms with E-state index in [-0.39, 0.29) is 6.42 Å². The lowest BCUT2D eigenvalue weighted by molar-refractivity contribution is 0.421. The summed E-state index contributed by atoms with van der Waals surface area (Å²) in [5.41, 5.74) is 0.738. The average Bonchev–Trinajstić information content (AvgIpc) is 2.74. The van der Waals surface area contributed by atoms with Crippen LogP contribution in [0.15, 0.2) is 16.8 Å². The zero-order valence-electron chi connectivity index (χ0n) is 7.51. The lowest BCUT2D eigenvalue weighted by Gasteiger charge is -1.92. The summed E-state index contributed by atoms with van der Waals surface area (Å²) in [5.74, 6) is 0.777. The molecule has 6 nitrogen and oxygen atoms in total. The van der Waals surface area contributed by atoms with Gasteiger partial charge in [-0.2, -0.15) is 15.3 Å². The van der Waals surface area contributed by atoms with Crippen LogP contribution in [-0.4, -0.2) is 19.9 Å². The van der Waals surface area contributed by atoms with Crippen molar-refractivity contribution in [3.05, 3.63) is 18.1 Å². The lowest BCUT2D eigenvalue weighted by atomic mass is 10.4. The smallest absolute Gasteiger partial charge is 0.276 e. The molecule has 6 heteroatoms. The van der Waals surface area contributed by atoms with Crippen LogP contribution in [0, 0.1) is 11.3 Å². The van der Waals surface area contributed by atoms with E-state index in [1.54, 1.807) is 24.0 Å². The van der Waals surface area contributed by atoms with Crippen LogP contribution in [0.2, 0.25) is 0 Å². The Morgan fingerprint density at radius 1 is 1.64 bits per heavy atom. The summed E-state index contributed by atoms with van der Waals surface area (Å²) >= 11 is 0. The maximum atomic E-state index is 8.42. The second-order valence-electron chi connectivity index (χ2n) is 2.69. The fourth-order valence-corrected chi connectivity index (χ4v) is 1.08. The summed E-state index contributed by atoms with van der Waals surface area (Å²) in [5, 5.41) is 16.1. The molecule has 2 aromatic heterocycles. The average molecular weight is 189 g/mol. The summed E-state index contributed by atoms with van der Waals surface area (Å²) in [6.45, 7) is 0. The second kappa shape index (κ2) is 3.30. The van der Waals surface area contributed by atoms with Gasteiger partial charge in [0.05, 0.1) is 12.5 Å². The van der Waals surface area contributed by atoms with Gasteiger partial charge in [-0.1, -0.05) is 5.16 Å². The van der Waals surface area contributed by atoms with Crippen LogP contribution in [0.1, 0.15) is 5.82 Å². The van der Waals surface area contributed by atoms with Crippen LogP contribution in [0.25, 0.3) is 11.6 Å². The van der Waals surface area contributed by atoms with Crippen LogP contribution in [0.5, 0.6) is 0 Å². The second-order valence-corrected chi connectivity index (χ2v) is 2.69. The predicted octanol–water partition coefficient (Wildman–Crippen LogP) is 0.536. The van der Waals surface area contributed by atoms with Gasteiger partial charge in [0.25, 0.3) is 5.89 Å². The van der Waals surface area contributed by atoms with Crippen LogP contribution in [0.4, 0.5) is 0 Å². The number of rotatable bonds is 2. The highest BCUT2D eigenvalue weighted by Gasteiger charge is 2.11. The van der Waals surface area contributed by atoms with Crippen molar-refractivity contribution >= 4 is 0 Å². The van der Waals surface area contributed by atoms with Crippen molar-refractivity contribution in [2.75, 3.05) is 0 Å². The molecule has 2 heterocycles. The summed E-state index contributed by atoms with van der Waals surface area (Å²) in [4.78, 5) is 4.04. The van der Waals surface area contributed by atoms with E-state index in [4.69, 9.17) is 9.78 Å². The Morgan fingerprint density at radius 3 is 3.14 bits per heavy atom. The minimum absolute atomic E-state index is 0.154. The number of hydrogen-bond donors (Lipinski definition) is 0. The van der Waals surface area contributed by atoms with E-state index < -0.39 is 0 Å². The molecule has 2 rings (SSSR count). The van der Waals surface area contributed by atoms with E-state index in [1.807, 2.05) is 6.07 Å². The normalized spacial score (nSPS) is 10.0. The van der Waals surface area contributed by atoms with Crippen molar-refractivity contribution in [2.45, 2.75) is 6.42 Å². The number of aryl methyl sites for hydroxylation is 1. The first-order valence-electron chi connectivity index (χ1n) is 3.99. The topological polar surface area (TPSA) is 80.5 Å². The van der Waals surface area contributed by atoms with Gasteiger partial charge in [-0.3, -0.25) is 4.68 Å². The van der Waals surface area contributed by atoms with E-state index in [1.165, 1.54) is 0 Å². The van der Waals surface area contributed by atoms with Crippen molar-refractivity contribution < 1.29 is 4.52 Å². The Hall–Kier alpha value is -2.16. The maximum Gasteiger partial charge on any atom is 0.276 e. The molecule has 0 atom stereocenters. The molecule has 0 spiro atoms. The molecule has 0 aliphatic heterocycles. The summed E-state index contributed by atoms with van der Waals surface area (Å²) in [7, 11) is 1.78. The zero-order valence-corrected chi connectivity index (χ0v) is 7.51. The molecule has 0 radical (unpaired) electrons. The van der Waals surface area contributed by atoms with Crippen LogP contribution in [-0.2, 0) is 13.5 Å². The van der Waals surface area contributed by atoms with Gasteiger partial charge in [-0.05, 0) is 6.07 Å². The standard InChI is InChI=1S/C8H7N5O/c1-13-6(3-5-10-13)8-11-7(2-4-9)12-14-8/h3,5H,2H2,1H3. The van der Waals surface area contributed by atoms with Crippen molar-refractivity contribution in [3.8, 4) is 17.7 Å². The summed E-state index contributed by atoms with van der Waals surface area (Å²) in [6.07, 6.45) is 1.80. The van der Waals surface area contributed by atoms with Crippen molar-refractivity contribution in [1.82, 2.24) is 19.9 Å². The van der Waals surface area contributed by atoms with Crippen molar-refractivity contribution in [3.63, 3.8) is 0 Å². The molecule has 0 unspecified atom stereocenters. The molecular weight excluding hydrogens is 182 g/mol. The first-order chi connectivity index (χ1) is 6.81. The molecule has 0 saturated carbocycles. The third kappa shape index (κ3) is 1.35. The monoisotopic (exact) mass is 189 g/mol. The Labute approximate surface area is 79.8 Å². The Bertz CT molecular complexity index is 478. The minimum atomic E-state index is 0.154. The van der Waals surface area contributed by atoms with Gasteiger partial charge in [0, 0.05) is 13.2 Å². The van der Waals surface area contributed by atoms with Crippen LogP contribution in [0.3, 0.4) is 0 Å². The largest absolute Gasteiger partial charge is 0.332 e. The van der Waals surface area contributed by atoms with E-state index in [0.717, 1.165) is 5.69 Å². The van der Waals surface area contributed by atoms with E-state index in [0.29, 0.717) is 11.7 Å². The van der Waals surface area contributed by atoms with Crippen LogP contribution < -0.4 is 0 Å². The van der Waals surface area contributed by atoms with Gasteiger partial charge in [0.15, 0.2) is 5.82 Å². The molecule has 70 valence electrons. The molecule has 0 saturated heterocycles. The summed E-state index contributed by atoms with van der Waals surface area (Å²) < 4.78 is 6.60. The fourth-order valence-electron chi connectivity index (χ4n) is 1.08. The summed E-state index contributed by atoms with van der Waals surface area (Å²) in [6, 6.07) is 3.72. The molecule has 2 aromatic rings. The first-order valence-corrected chi connectivity index (χ1v) is 3.99.